The zero-order valence-corrected chi connectivity index (χ0v) is 10.8. The molecule has 0 spiro atoms. The van der Waals surface area contributed by atoms with Crippen LogP contribution in [0.5, 0.6) is 0 Å². The molecule has 2 aromatic rings. The highest BCUT2D eigenvalue weighted by molar-refractivity contribution is 6.30. The van der Waals surface area contributed by atoms with Gasteiger partial charge < -0.3 is 9.52 Å². The van der Waals surface area contributed by atoms with Gasteiger partial charge in [0.1, 0.15) is 0 Å². The number of carbonyl (C=O) groups is 1. The number of rotatable bonds is 3. The van der Waals surface area contributed by atoms with E-state index >= 15 is 0 Å². The van der Waals surface area contributed by atoms with Gasteiger partial charge in [0, 0.05) is 10.6 Å². The maximum Gasteiger partial charge on any atom is 0.373 e. The van der Waals surface area contributed by atoms with Crippen molar-refractivity contribution in [1.82, 2.24) is 4.98 Å². The van der Waals surface area contributed by atoms with Crippen LogP contribution < -0.4 is 0 Å². The zero-order chi connectivity index (χ0) is 13.3. The largest absolute Gasteiger partial charge is 0.475 e. The smallest absolute Gasteiger partial charge is 0.373 e. The molecule has 1 N–H and O–H groups in total. The van der Waals surface area contributed by atoms with Crippen LogP contribution in [0, 0.1) is 6.92 Å². The van der Waals surface area contributed by atoms with Crippen LogP contribution in [0.3, 0.4) is 0 Å². The number of carboxylic acids is 1. The van der Waals surface area contributed by atoms with Crippen LogP contribution in [0.2, 0.25) is 5.02 Å². The lowest BCUT2D eigenvalue weighted by Crippen LogP contribution is -1.98. The van der Waals surface area contributed by atoms with E-state index in [0.29, 0.717) is 23.0 Å². The van der Waals surface area contributed by atoms with Gasteiger partial charge in [-0.3, -0.25) is 0 Å². The number of hydrogen-bond acceptors (Lipinski definition) is 3. The third-order valence-corrected chi connectivity index (χ3v) is 2.88. The summed E-state index contributed by atoms with van der Waals surface area (Å²) in [6, 6.07) is 5.28. The van der Waals surface area contributed by atoms with E-state index in [4.69, 9.17) is 21.1 Å². The lowest BCUT2D eigenvalue weighted by molar-refractivity contribution is 0.0662. The van der Waals surface area contributed by atoms with Gasteiger partial charge in [-0.2, -0.15) is 0 Å². The molecular weight excluding hydrogens is 254 g/mol. The molecule has 1 aromatic carbocycles. The first-order valence-corrected chi connectivity index (χ1v) is 5.90. The van der Waals surface area contributed by atoms with Crippen LogP contribution in [0.1, 0.15) is 28.7 Å². The normalized spacial score (nSPS) is 10.6. The van der Waals surface area contributed by atoms with E-state index in [1.165, 1.54) is 0 Å². The highest BCUT2D eigenvalue weighted by Crippen LogP contribution is 2.27. The summed E-state index contributed by atoms with van der Waals surface area (Å²) in [7, 11) is 0. The minimum absolute atomic E-state index is 0.0955. The Morgan fingerprint density at radius 3 is 2.72 bits per heavy atom. The van der Waals surface area contributed by atoms with Gasteiger partial charge >= 0.3 is 5.97 Å². The van der Waals surface area contributed by atoms with E-state index in [2.05, 4.69) is 4.98 Å². The Hall–Kier alpha value is -1.81. The first kappa shape index (κ1) is 12.6. The average Bonchev–Trinajstić information content (AvgIpc) is 2.73. The first-order valence-electron chi connectivity index (χ1n) is 5.52. The first-order chi connectivity index (χ1) is 8.52. The third kappa shape index (κ3) is 2.24. The lowest BCUT2D eigenvalue weighted by atomic mass is 10.1. The molecule has 94 valence electrons. The molecule has 1 heterocycles. The summed E-state index contributed by atoms with van der Waals surface area (Å²) in [4.78, 5) is 15.2. The number of aromatic nitrogens is 1. The van der Waals surface area contributed by atoms with E-state index in [9.17, 15) is 4.79 Å². The van der Waals surface area contributed by atoms with Crippen molar-refractivity contribution in [2.75, 3.05) is 0 Å². The predicted octanol–water partition coefficient (Wildman–Crippen LogP) is 3.56. The molecule has 0 fully saturated rings. The molecule has 4 nitrogen and oxygen atoms in total. The van der Waals surface area contributed by atoms with E-state index < -0.39 is 5.97 Å². The number of benzene rings is 1. The molecule has 0 atom stereocenters. The van der Waals surface area contributed by atoms with Crippen molar-refractivity contribution in [3.05, 3.63) is 40.2 Å². The summed E-state index contributed by atoms with van der Waals surface area (Å²) in [5.74, 6) is -0.877. The summed E-state index contributed by atoms with van der Waals surface area (Å²) in [6.45, 7) is 3.71. The Morgan fingerprint density at radius 2 is 2.22 bits per heavy atom. The van der Waals surface area contributed by atoms with Gasteiger partial charge in [-0.15, -0.1) is 0 Å². The number of aryl methyl sites for hydroxylation is 2. The number of oxazole rings is 1. The van der Waals surface area contributed by atoms with Gasteiger partial charge in [-0.25, -0.2) is 9.78 Å². The van der Waals surface area contributed by atoms with Gasteiger partial charge in [0.05, 0.1) is 5.69 Å². The standard InChI is InChI=1S/C13H12ClNO3/c1-3-10-11(13(16)17)18-12(15-10)9-5-4-8(14)6-7(9)2/h4-6H,3H2,1-2H3,(H,16,17). The second-order valence-corrected chi connectivity index (χ2v) is 4.35. The van der Waals surface area contributed by atoms with Crippen LogP contribution in [0.15, 0.2) is 22.6 Å². The molecule has 0 saturated heterocycles. The Kier molecular flexibility index (Phi) is 3.39. The molecule has 0 bridgehead atoms. The summed E-state index contributed by atoms with van der Waals surface area (Å²) in [5, 5.41) is 9.64. The fourth-order valence-electron chi connectivity index (χ4n) is 1.74. The number of aromatic carboxylic acids is 1. The monoisotopic (exact) mass is 265 g/mol. The van der Waals surface area contributed by atoms with Crippen molar-refractivity contribution in [3.63, 3.8) is 0 Å². The summed E-state index contributed by atoms with van der Waals surface area (Å²) < 4.78 is 5.32. The SMILES string of the molecule is CCc1nc(-c2ccc(Cl)cc2C)oc1C(=O)O. The Labute approximate surface area is 109 Å². The van der Waals surface area contributed by atoms with Crippen molar-refractivity contribution in [2.45, 2.75) is 20.3 Å². The van der Waals surface area contributed by atoms with Crippen LogP contribution in [0.25, 0.3) is 11.5 Å². The molecule has 0 saturated carbocycles. The molecule has 18 heavy (non-hydrogen) atoms. The van der Waals surface area contributed by atoms with Crippen LogP contribution in [-0.2, 0) is 6.42 Å². The predicted molar refractivity (Wildman–Crippen MR) is 68.0 cm³/mol. The van der Waals surface area contributed by atoms with Crippen LogP contribution >= 0.6 is 11.6 Å². The highest BCUT2D eigenvalue weighted by Gasteiger charge is 2.19. The van der Waals surface area contributed by atoms with E-state index in [-0.39, 0.29) is 5.76 Å². The number of halogens is 1. The molecule has 5 heteroatoms. The van der Waals surface area contributed by atoms with Gasteiger partial charge in [0.2, 0.25) is 11.7 Å². The molecular formula is C13H12ClNO3. The third-order valence-electron chi connectivity index (χ3n) is 2.65. The fraction of sp³-hybridized carbons (Fsp3) is 0.231. The van der Waals surface area contributed by atoms with Crippen molar-refractivity contribution < 1.29 is 14.3 Å². The van der Waals surface area contributed by atoms with Crippen molar-refractivity contribution >= 4 is 17.6 Å². The molecule has 2 rings (SSSR count). The second-order valence-electron chi connectivity index (χ2n) is 3.91. The van der Waals surface area contributed by atoms with E-state index in [1.807, 2.05) is 13.8 Å². The summed E-state index contributed by atoms with van der Waals surface area (Å²) in [6.07, 6.45) is 0.512. The summed E-state index contributed by atoms with van der Waals surface area (Å²) >= 11 is 5.87. The molecule has 0 radical (unpaired) electrons. The van der Waals surface area contributed by atoms with Crippen LogP contribution in [-0.4, -0.2) is 16.1 Å². The molecule has 0 unspecified atom stereocenters. The summed E-state index contributed by atoms with van der Waals surface area (Å²) in [5.41, 5.74) is 2.09. The topological polar surface area (TPSA) is 63.3 Å². The number of nitrogens with zero attached hydrogens (tertiary/aromatic N) is 1. The molecule has 0 aliphatic rings. The van der Waals surface area contributed by atoms with Crippen LogP contribution in [0.4, 0.5) is 0 Å². The maximum absolute atomic E-state index is 11.0. The Balaban J connectivity index is 2.54. The molecule has 1 aromatic heterocycles. The fourth-order valence-corrected chi connectivity index (χ4v) is 1.97. The quantitative estimate of drug-likeness (QED) is 0.921. The molecule has 0 aliphatic heterocycles. The zero-order valence-electron chi connectivity index (χ0n) is 10.0. The Bertz CT molecular complexity index is 604. The van der Waals surface area contributed by atoms with Gasteiger partial charge in [-0.1, -0.05) is 18.5 Å². The van der Waals surface area contributed by atoms with Crippen molar-refractivity contribution in [2.24, 2.45) is 0 Å². The minimum atomic E-state index is -1.10. The van der Waals surface area contributed by atoms with Crippen molar-refractivity contribution in [3.8, 4) is 11.5 Å². The number of hydrogen-bond donors (Lipinski definition) is 1. The minimum Gasteiger partial charge on any atom is -0.475 e. The molecule has 0 aliphatic carbocycles. The van der Waals surface area contributed by atoms with E-state index in [1.54, 1.807) is 18.2 Å². The second kappa shape index (κ2) is 4.82. The Morgan fingerprint density at radius 1 is 1.50 bits per heavy atom. The average molecular weight is 266 g/mol. The number of carboxylic acid groups (broad SMARTS) is 1. The lowest BCUT2D eigenvalue weighted by Gasteiger charge is -2.01. The van der Waals surface area contributed by atoms with Gasteiger partial charge in [-0.05, 0) is 37.1 Å². The molecule has 0 amide bonds. The van der Waals surface area contributed by atoms with Gasteiger partial charge in [0.15, 0.2) is 0 Å². The van der Waals surface area contributed by atoms with Crippen molar-refractivity contribution in [1.29, 1.82) is 0 Å². The highest BCUT2D eigenvalue weighted by atomic mass is 35.5. The van der Waals surface area contributed by atoms with Gasteiger partial charge in [0.25, 0.3) is 0 Å². The van der Waals surface area contributed by atoms with E-state index in [0.717, 1.165) is 11.1 Å². The maximum atomic E-state index is 11.0.